The van der Waals surface area contributed by atoms with Gasteiger partial charge in [-0.3, -0.25) is 0 Å². The first-order valence-corrected chi connectivity index (χ1v) is 14.4. The third kappa shape index (κ3) is 12.2. The lowest BCUT2D eigenvalue weighted by molar-refractivity contribution is 0.153. The molecule has 218 valence electrons. The van der Waals surface area contributed by atoms with Gasteiger partial charge in [0.2, 0.25) is 0 Å². The lowest BCUT2D eigenvalue weighted by Crippen LogP contribution is -2.21. The van der Waals surface area contributed by atoms with Crippen LogP contribution in [0, 0.1) is 5.92 Å². The van der Waals surface area contributed by atoms with Crippen LogP contribution >= 0.6 is 0 Å². The van der Waals surface area contributed by atoms with Gasteiger partial charge in [0, 0.05) is 31.0 Å². The molecule has 6 heteroatoms. The molecule has 0 aliphatic carbocycles. The number of hydrogen-bond donors (Lipinski definition) is 0. The Balaban J connectivity index is 0.000000434. The van der Waals surface area contributed by atoms with Crippen LogP contribution in [0.4, 0.5) is 0 Å². The highest BCUT2D eigenvalue weighted by atomic mass is 16.5. The highest BCUT2D eigenvalue weighted by Crippen LogP contribution is 2.36. The van der Waals surface area contributed by atoms with Crippen molar-refractivity contribution >= 4 is 12.4 Å². The quantitative estimate of drug-likeness (QED) is 0.149. The van der Waals surface area contributed by atoms with E-state index < -0.39 is 0 Å². The number of nitrogens with zero attached hydrogens (tertiary/aromatic N) is 3. The molecule has 2 atom stereocenters. The Bertz CT molecular complexity index is 946. The zero-order chi connectivity index (χ0) is 29.0. The Morgan fingerprint density at radius 3 is 2.13 bits per heavy atom. The maximum Gasteiger partial charge on any atom is 0.164 e. The van der Waals surface area contributed by atoms with Crippen molar-refractivity contribution in [3.63, 3.8) is 0 Å². The molecule has 0 amide bonds. The van der Waals surface area contributed by atoms with E-state index in [9.17, 15) is 0 Å². The number of benzene rings is 2. The van der Waals surface area contributed by atoms with Gasteiger partial charge in [-0.15, -0.1) is 0 Å². The molecule has 0 radical (unpaired) electrons. The van der Waals surface area contributed by atoms with Crippen LogP contribution in [0.2, 0.25) is 0 Å². The van der Waals surface area contributed by atoms with Gasteiger partial charge in [0.15, 0.2) is 11.5 Å². The lowest BCUT2D eigenvalue weighted by atomic mass is 9.88. The first-order valence-electron chi connectivity index (χ1n) is 14.4. The minimum atomic E-state index is 0.0711. The molecule has 0 spiro atoms. The zero-order valence-electron chi connectivity index (χ0n) is 25.8. The van der Waals surface area contributed by atoms with Gasteiger partial charge in [0.05, 0.1) is 27.4 Å². The summed E-state index contributed by atoms with van der Waals surface area (Å²) in [5.74, 6) is 3.13. The van der Waals surface area contributed by atoms with Crippen LogP contribution in [0.25, 0.3) is 0 Å². The van der Waals surface area contributed by atoms with Crippen LogP contribution in [0.1, 0.15) is 96.1 Å². The summed E-state index contributed by atoms with van der Waals surface area (Å²) in [4.78, 5) is 0. The fraction of sp³-hybridized carbons (Fsp3) is 0.576. The average molecular weight is 540 g/mol. The Morgan fingerprint density at radius 2 is 1.59 bits per heavy atom. The molecule has 0 N–H and O–H groups in total. The second-order valence-corrected chi connectivity index (χ2v) is 10.2. The first-order chi connectivity index (χ1) is 18.9. The van der Waals surface area contributed by atoms with E-state index in [4.69, 9.17) is 14.2 Å². The van der Waals surface area contributed by atoms with Crippen molar-refractivity contribution in [2.75, 3.05) is 34.5 Å². The van der Waals surface area contributed by atoms with E-state index in [1.807, 2.05) is 18.2 Å². The van der Waals surface area contributed by atoms with E-state index in [1.165, 1.54) is 31.2 Å². The second kappa shape index (κ2) is 20.1. The summed E-state index contributed by atoms with van der Waals surface area (Å²) in [5.41, 5.74) is 3.59. The molecule has 0 aliphatic rings. The largest absolute Gasteiger partial charge is 0.493 e. The van der Waals surface area contributed by atoms with Crippen molar-refractivity contribution < 1.29 is 14.2 Å². The van der Waals surface area contributed by atoms with Gasteiger partial charge in [0.25, 0.3) is 0 Å². The monoisotopic (exact) mass is 539 g/mol. The fourth-order valence-electron chi connectivity index (χ4n) is 4.60. The lowest BCUT2D eigenvalue weighted by Gasteiger charge is -2.21. The SMILES string of the molecule is C=NN(CCOC)/N=C(\CCC)C(C)c1cccc(OC)c1OC.CCCC(CCC(C)C)c1ccccc1. The van der Waals surface area contributed by atoms with Crippen molar-refractivity contribution in [3.05, 3.63) is 59.7 Å². The second-order valence-electron chi connectivity index (χ2n) is 10.2. The highest BCUT2D eigenvalue weighted by molar-refractivity contribution is 5.91. The van der Waals surface area contributed by atoms with E-state index in [2.05, 4.69) is 81.9 Å². The fourth-order valence-corrected chi connectivity index (χ4v) is 4.60. The molecule has 0 aromatic heterocycles. The van der Waals surface area contributed by atoms with Crippen LogP contribution in [0.15, 0.2) is 58.7 Å². The Kier molecular flexibility index (Phi) is 17.6. The summed E-state index contributed by atoms with van der Waals surface area (Å²) >= 11 is 0. The molecular weight excluding hydrogens is 486 g/mol. The van der Waals surface area contributed by atoms with Gasteiger partial charge in [0.1, 0.15) is 0 Å². The van der Waals surface area contributed by atoms with Crippen molar-refractivity contribution in [1.82, 2.24) is 5.12 Å². The van der Waals surface area contributed by atoms with Crippen LogP contribution < -0.4 is 9.47 Å². The van der Waals surface area contributed by atoms with Gasteiger partial charge in [-0.25, -0.2) is 0 Å². The van der Waals surface area contributed by atoms with Crippen LogP contribution in [-0.4, -0.2) is 52.0 Å². The molecule has 0 fully saturated rings. The smallest absolute Gasteiger partial charge is 0.164 e. The summed E-state index contributed by atoms with van der Waals surface area (Å²) in [5, 5.41) is 10.2. The van der Waals surface area contributed by atoms with E-state index in [0.29, 0.717) is 13.2 Å². The molecule has 0 bridgehead atoms. The molecule has 2 unspecified atom stereocenters. The number of para-hydroxylation sites is 1. The van der Waals surface area contributed by atoms with Gasteiger partial charge >= 0.3 is 0 Å². The minimum Gasteiger partial charge on any atom is -0.493 e. The van der Waals surface area contributed by atoms with Crippen molar-refractivity contribution in [2.24, 2.45) is 16.1 Å². The summed E-state index contributed by atoms with van der Waals surface area (Å²) in [6, 6.07) is 16.9. The first kappa shape index (κ1) is 34.2. The van der Waals surface area contributed by atoms with Crippen LogP contribution in [0.5, 0.6) is 11.5 Å². The summed E-state index contributed by atoms with van der Waals surface area (Å²) in [6.07, 6.45) is 7.16. The van der Waals surface area contributed by atoms with Gasteiger partial charge in [-0.05, 0) is 42.7 Å². The summed E-state index contributed by atoms with van der Waals surface area (Å²) in [7, 11) is 4.95. The normalized spacial score (nSPS) is 12.8. The molecule has 2 aromatic rings. The Labute approximate surface area is 238 Å². The highest BCUT2D eigenvalue weighted by Gasteiger charge is 2.20. The molecule has 0 aliphatic heterocycles. The van der Waals surface area contributed by atoms with Gasteiger partial charge < -0.3 is 14.2 Å². The van der Waals surface area contributed by atoms with Crippen molar-refractivity contribution in [1.29, 1.82) is 0 Å². The summed E-state index contributed by atoms with van der Waals surface area (Å²) < 4.78 is 16.1. The molecule has 39 heavy (non-hydrogen) atoms. The Hall–Kier alpha value is -2.86. The van der Waals surface area contributed by atoms with E-state index in [-0.39, 0.29) is 5.92 Å². The summed E-state index contributed by atoms with van der Waals surface area (Å²) in [6.45, 7) is 15.8. The topological polar surface area (TPSA) is 55.7 Å². The molecule has 0 saturated heterocycles. The van der Waals surface area contributed by atoms with Gasteiger partial charge in [-0.1, -0.05) is 96.3 Å². The molecule has 0 saturated carbocycles. The maximum absolute atomic E-state index is 5.56. The number of hydrogen-bond acceptors (Lipinski definition) is 6. The minimum absolute atomic E-state index is 0.0711. The zero-order valence-corrected chi connectivity index (χ0v) is 25.8. The molecule has 2 rings (SSSR count). The van der Waals surface area contributed by atoms with Crippen LogP contribution in [0.3, 0.4) is 0 Å². The van der Waals surface area contributed by atoms with Gasteiger partial charge in [-0.2, -0.15) is 15.3 Å². The van der Waals surface area contributed by atoms with Crippen molar-refractivity contribution in [3.8, 4) is 11.5 Å². The third-order valence-corrected chi connectivity index (χ3v) is 6.81. The third-order valence-electron chi connectivity index (χ3n) is 6.81. The predicted molar refractivity (Wildman–Crippen MR) is 167 cm³/mol. The maximum atomic E-state index is 5.56. The molecule has 2 aromatic carbocycles. The molecule has 6 nitrogen and oxygen atoms in total. The number of methoxy groups -OCH3 is 3. The van der Waals surface area contributed by atoms with E-state index in [1.54, 1.807) is 26.4 Å². The predicted octanol–water partition coefficient (Wildman–Crippen LogP) is 8.53. The average Bonchev–Trinajstić information content (AvgIpc) is 2.96. The number of rotatable bonds is 17. The number of ether oxygens (including phenoxy) is 3. The standard InChI is InChI=1S/C18H29N3O3.C15H24/c1-7-9-16(20-21(19-3)12-13-22-4)14(2)15-10-8-11-17(23-5)18(15)24-6;1-4-8-14(12-11-13(2)3)15-9-6-5-7-10-15/h8,10-11,14H,3,7,9,12-13H2,1-2,4-6H3;5-7,9-10,13-14H,4,8,11-12H2,1-3H3/b20-16+;. The molecular formula is C33H53N3O3. The molecule has 0 heterocycles. The van der Waals surface area contributed by atoms with Crippen LogP contribution in [-0.2, 0) is 4.74 Å². The van der Waals surface area contributed by atoms with E-state index >= 15 is 0 Å². The van der Waals surface area contributed by atoms with E-state index in [0.717, 1.165) is 47.5 Å². The number of hydrazone groups is 2. The Morgan fingerprint density at radius 1 is 0.872 bits per heavy atom. The van der Waals surface area contributed by atoms with Crippen molar-refractivity contribution in [2.45, 2.75) is 85.0 Å².